The van der Waals surface area contributed by atoms with Crippen LogP contribution in [0.3, 0.4) is 0 Å². The molecular weight excluding hydrogens is 421 g/mol. The maximum Gasteiger partial charge on any atom is 0.379 e. The molecule has 0 aliphatic carbocycles. The van der Waals surface area contributed by atoms with Gasteiger partial charge in [-0.2, -0.15) is 0 Å². The molecule has 0 aliphatic rings. The summed E-state index contributed by atoms with van der Waals surface area (Å²) in [4.78, 5) is 10.4. The minimum absolute atomic E-state index is 0.510. The average Bonchev–Trinajstić information content (AvgIpc) is 2.46. The van der Waals surface area contributed by atoms with Crippen molar-refractivity contribution in [2.45, 2.75) is 102 Å². The standard InChI is InChI=1S/C16H34Cl2O6P2/c1-7-10-13(4)22-25(19,20)16(17,18)26(21,23-14(5)11-8-2)24-15(6)12-9-3/h13-15H,7-12H2,1-6H3,(H,19,20). The number of halogens is 2. The molecule has 10 heteroatoms. The summed E-state index contributed by atoms with van der Waals surface area (Å²) < 4.78 is 39.8. The molecule has 158 valence electrons. The van der Waals surface area contributed by atoms with Crippen molar-refractivity contribution in [2.75, 3.05) is 0 Å². The largest absolute Gasteiger partial charge is 0.379 e. The average molecular weight is 455 g/mol. The Morgan fingerprint density at radius 1 is 0.808 bits per heavy atom. The maximum atomic E-state index is 13.5. The fourth-order valence-corrected chi connectivity index (χ4v) is 7.03. The monoisotopic (exact) mass is 454 g/mol. The van der Waals surface area contributed by atoms with Gasteiger partial charge >= 0.3 is 19.0 Å². The van der Waals surface area contributed by atoms with Gasteiger partial charge < -0.3 is 18.5 Å². The predicted molar refractivity (Wildman–Crippen MR) is 108 cm³/mol. The SMILES string of the molecule is CCCC(C)OP(=O)(O)C(Cl)(Cl)P(=O)(OC(C)CCC)OC(C)CCC. The van der Waals surface area contributed by atoms with E-state index < -0.39 is 37.3 Å². The minimum Gasteiger partial charge on any atom is -0.322 e. The highest BCUT2D eigenvalue weighted by molar-refractivity contribution is 7.79. The van der Waals surface area contributed by atoms with Gasteiger partial charge in [-0.05, 0) is 40.0 Å². The molecule has 0 aliphatic heterocycles. The Kier molecular flexibility index (Phi) is 12.2. The van der Waals surface area contributed by atoms with Crippen LogP contribution in [-0.2, 0) is 22.7 Å². The highest BCUT2D eigenvalue weighted by atomic mass is 35.5. The lowest BCUT2D eigenvalue weighted by atomic mass is 10.2. The van der Waals surface area contributed by atoms with Crippen molar-refractivity contribution in [3.8, 4) is 0 Å². The summed E-state index contributed by atoms with van der Waals surface area (Å²) in [5.41, 5.74) is 0. The van der Waals surface area contributed by atoms with E-state index in [4.69, 9.17) is 36.8 Å². The van der Waals surface area contributed by atoms with Gasteiger partial charge in [0, 0.05) is 0 Å². The van der Waals surface area contributed by atoms with Gasteiger partial charge in [0.2, 0.25) is 0 Å². The van der Waals surface area contributed by atoms with Crippen molar-refractivity contribution in [3.05, 3.63) is 0 Å². The van der Waals surface area contributed by atoms with Crippen LogP contribution in [0.5, 0.6) is 0 Å². The summed E-state index contributed by atoms with van der Waals surface area (Å²) in [5, 5.41) is 0. The second-order valence-electron chi connectivity index (χ2n) is 6.64. The molecule has 0 radical (unpaired) electrons. The molecule has 0 rings (SSSR count). The molecule has 0 aromatic carbocycles. The van der Waals surface area contributed by atoms with Crippen LogP contribution in [0.1, 0.15) is 80.1 Å². The normalized spacial score (nSPS) is 20.8. The smallest absolute Gasteiger partial charge is 0.322 e. The Bertz CT molecular complexity index is 485. The number of alkyl halides is 2. The number of rotatable bonds is 14. The van der Waals surface area contributed by atoms with E-state index in [1.165, 1.54) is 0 Å². The summed E-state index contributed by atoms with van der Waals surface area (Å²) in [6, 6.07) is 0. The third kappa shape index (κ3) is 7.72. The van der Waals surface area contributed by atoms with E-state index in [1.807, 2.05) is 20.8 Å². The number of hydrogen-bond acceptors (Lipinski definition) is 5. The van der Waals surface area contributed by atoms with Crippen LogP contribution in [0, 0.1) is 0 Å². The van der Waals surface area contributed by atoms with Gasteiger partial charge in [0.25, 0.3) is 0 Å². The Morgan fingerprint density at radius 2 is 1.12 bits per heavy atom. The molecule has 0 bridgehead atoms. The Hall–Kier alpha value is 0.880. The van der Waals surface area contributed by atoms with Gasteiger partial charge in [-0.15, -0.1) is 0 Å². The third-order valence-corrected chi connectivity index (χ3v) is 11.0. The molecule has 0 aromatic heterocycles. The van der Waals surface area contributed by atoms with E-state index in [2.05, 4.69) is 0 Å². The molecule has 4 atom stereocenters. The molecule has 0 fully saturated rings. The first-order valence-electron chi connectivity index (χ1n) is 9.22. The van der Waals surface area contributed by atoms with Gasteiger partial charge in [0.15, 0.2) is 0 Å². The van der Waals surface area contributed by atoms with E-state index in [9.17, 15) is 14.0 Å². The highest BCUT2D eigenvalue weighted by Gasteiger charge is 2.64. The molecule has 26 heavy (non-hydrogen) atoms. The summed E-state index contributed by atoms with van der Waals surface area (Å²) in [7, 11) is -9.13. The minimum atomic E-state index is -4.74. The van der Waals surface area contributed by atoms with Gasteiger partial charge in [-0.3, -0.25) is 9.13 Å². The first-order chi connectivity index (χ1) is 11.9. The van der Waals surface area contributed by atoms with Crippen LogP contribution in [0.2, 0.25) is 0 Å². The molecule has 0 saturated carbocycles. The van der Waals surface area contributed by atoms with E-state index in [0.29, 0.717) is 19.3 Å². The van der Waals surface area contributed by atoms with Crippen molar-refractivity contribution >= 4 is 38.4 Å². The molecule has 1 N–H and O–H groups in total. The van der Waals surface area contributed by atoms with Gasteiger partial charge in [-0.25, -0.2) is 0 Å². The highest BCUT2D eigenvalue weighted by Crippen LogP contribution is 2.80. The van der Waals surface area contributed by atoms with E-state index in [1.54, 1.807) is 20.8 Å². The van der Waals surface area contributed by atoms with E-state index in [0.717, 1.165) is 19.3 Å². The summed E-state index contributed by atoms with van der Waals surface area (Å²) in [5.74, 6) is 0. The van der Waals surface area contributed by atoms with Crippen molar-refractivity contribution in [2.24, 2.45) is 0 Å². The van der Waals surface area contributed by atoms with Crippen LogP contribution in [0.4, 0.5) is 0 Å². The Balaban J connectivity index is 5.72. The zero-order chi connectivity index (χ0) is 20.6. The second-order valence-corrected chi connectivity index (χ2v) is 13.4. The lowest BCUT2D eigenvalue weighted by Gasteiger charge is -2.35. The zero-order valence-corrected chi connectivity index (χ0v) is 19.9. The molecule has 0 spiro atoms. The lowest BCUT2D eigenvalue weighted by Crippen LogP contribution is -2.26. The second kappa shape index (κ2) is 11.8. The summed E-state index contributed by atoms with van der Waals surface area (Å²) >= 11 is 12.4. The zero-order valence-electron chi connectivity index (χ0n) is 16.6. The molecule has 0 saturated heterocycles. The van der Waals surface area contributed by atoms with Crippen LogP contribution >= 0.6 is 38.4 Å². The first kappa shape index (κ1) is 26.9. The molecule has 4 unspecified atom stereocenters. The van der Waals surface area contributed by atoms with Crippen molar-refractivity contribution in [1.29, 1.82) is 0 Å². The van der Waals surface area contributed by atoms with Gasteiger partial charge in [-0.1, -0.05) is 63.2 Å². The van der Waals surface area contributed by atoms with Crippen molar-refractivity contribution in [1.82, 2.24) is 0 Å². The Labute approximate surface area is 168 Å². The van der Waals surface area contributed by atoms with Gasteiger partial charge in [0.05, 0.1) is 18.3 Å². The topological polar surface area (TPSA) is 82.1 Å². The fourth-order valence-electron chi connectivity index (χ4n) is 2.47. The molecule has 0 aromatic rings. The lowest BCUT2D eigenvalue weighted by molar-refractivity contribution is 0.115. The summed E-state index contributed by atoms with van der Waals surface area (Å²) in [6.45, 7) is 10.8. The van der Waals surface area contributed by atoms with E-state index >= 15 is 0 Å². The Morgan fingerprint density at radius 3 is 1.42 bits per heavy atom. The maximum absolute atomic E-state index is 13.5. The molecule has 0 heterocycles. The van der Waals surface area contributed by atoms with Crippen LogP contribution in [-0.4, -0.2) is 27.0 Å². The predicted octanol–water partition coefficient (Wildman–Crippen LogP) is 7.07. The first-order valence-corrected chi connectivity index (χ1v) is 13.1. The quantitative estimate of drug-likeness (QED) is 0.223. The number of hydrogen-bond donors (Lipinski definition) is 1. The van der Waals surface area contributed by atoms with Crippen molar-refractivity contribution in [3.63, 3.8) is 0 Å². The molecule has 6 nitrogen and oxygen atoms in total. The van der Waals surface area contributed by atoms with E-state index in [-0.39, 0.29) is 0 Å². The third-order valence-electron chi connectivity index (χ3n) is 3.72. The fraction of sp³-hybridized carbons (Fsp3) is 1.00. The van der Waals surface area contributed by atoms with Crippen LogP contribution in [0.25, 0.3) is 0 Å². The van der Waals surface area contributed by atoms with Gasteiger partial charge in [0.1, 0.15) is 0 Å². The van der Waals surface area contributed by atoms with Crippen molar-refractivity contribution < 1.29 is 27.6 Å². The van der Waals surface area contributed by atoms with Crippen LogP contribution in [0.15, 0.2) is 0 Å². The molecular formula is C16H34Cl2O6P2. The van der Waals surface area contributed by atoms with Crippen LogP contribution < -0.4 is 0 Å². The molecule has 0 amide bonds. The summed E-state index contributed by atoms with van der Waals surface area (Å²) in [6.07, 6.45) is 2.35.